The number of hydrogen-bond donors (Lipinski definition) is 1. The number of ether oxygens (including phenoxy) is 5. The summed E-state index contributed by atoms with van der Waals surface area (Å²) in [5.41, 5.74) is 3.61. The minimum atomic E-state index is -4.32. The second kappa shape index (κ2) is 15.3. The molecule has 2 aliphatic rings. The summed E-state index contributed by atoms with van der Waals surface area (Å²) in [6, 6.07) is 17.8. The summed E-state index contributed by atoms with van der Waals surface area (Å²) in [5.74, 6) is 0.566. The van der Waals surface area contributed by atoms with Gasteiger partial charge < -0.3 is 38.1 Å². The average Bonchev–Trinajstić information content (AvgIpc) is 3.60. The lowest BCUT2D eigenvalue weighted by molar-refractivity contribution is -0.140. The predicted octanol–water partition coefficient (Wildman–Crippen LogP) is 5.97. The summed E-state index contributed by atoms with van der Waals surface area (Å²) in [6.07, 6.45) is 1.55. The number of piperazine rings is 1. The van der Waals surface area contributed by atoms with Crippen molar-refractivity contribution in [1.29, 1.82) is 0 Å². The second-order valence-corrected chi connectivity index (χ2v) is 14.6. The van der Waals surface area contributed by atoms with Gasteiger partial charge in [-0.1, -0.05) is 64.0 Å². The van der Waals surface area contributed by atoms with Gasteiger partial charge in [0, 0.05) is 34.7 Å². The standard InChI is InChI=1S/C38H37BrN2O10S/c1-22-11-13-28(14-12-22)52(44,45)51-34-24(3)36-32(49-21-50-36)18-27(34)16-30-37(42)40-29(38(43)41(30)19-25-9-7-6-8-10-25)15-26-17-31(48-20-46-4)35(47-5)23(2)33(26)39/h6-14,16-18,29H,15,19-21H2,1-5H3,(H,40,42)/b30-16-. The Bertz CT molecular complexity index is 2160. The number of rotatable bonds is 12. The van der Waals surface area contributed by atoms with E-state index in [0.717, 1.165) is 16.7 Å². The lowest BCUT2D eigenvalue weighted by atomic mass is 9.98. The molecule has 1 atom stereocenters. The van der Waals surface area contributed by atoms with E-state index in [0.29, 0.717) is 38.6 Å². The highest BCUT2D eigenvalue weighted by molar-refractivity contribution is 9.10. The van der Waals surface area contributed by atoms with E-state index in [9.17, 15) is 18.0 Å². The van der Waals surface area contributed by atoms with Gasteiger partial charge in [-0.05, 0) is 62.2 Å². The maximum absolute atomic E-state index is 14.4. The van der Waals surface area contributed by atoms with E-state index < -0.39 is 22.1 Å². The van der Waals surface area contributed by atoms with Crippen molar-refractivity contribution in [2.24, 2.45) is 0 Å². The molecular weight excluding hydrogens is 756 g/mol. The monoisotopic (exact) mass is 792 g/mol. The third kappa shape index (κ3) is 7.45. The number of carbonyl (C=O) groups is 2. The molecular formula is C38H37BrN2O10S. The molecule has 0 saturated carbocycles. The van der Waals surface area contributed by atoms with Gasteiger partial charge in [0.05, 0.1) is 13.7 Å². The predicted molar refractivity (Wildman–Crippen MR) is 195 cm³/mol. The normalized spacial score (nSPS) is 16.2. The Morgan fingerprint density at radius 2 is 1.69 bits per heavy atom. The van der Waals surface area contributed by atoms with Gasteiger partial charge in [0.2, 0.25) is 12.7 Å². The number of methoxy groups -OCH3 is 2. The number of nitrogens with zero attached hydrogens (tertiary/aromatic N) is 1. The molecule has 272 valence electrons. The highest BCUT2D eigenvalue weighted by Crippen LogP contribution is 2.45. The Kier molecular flexibility index (Phi) is 10.8. The Balaban J connectivity index is 1.42. The Morgan fingerprint density at radius 3 is 2.38 bits per heavy atom. The molecule has 14 heteroatoms. The van der Waals surface area contributed by atoms with E-state index in [4.69, 9.17) is 27.9 Å². The van der Waals surface area contributed by atoms with Crippen LogP contribution in [0.5, 0.6) is 28.7 Å². The molecule has 1 unspecified atom stereocenters. The van der Waals surface area contributed by atoms with E-state index in [1.54, 1.807) is 25.1 Å². The molecule has 6 rings (SSSR count). The Morgan fingerprint density at radius 1 is 0.962 bits per heavy atom. The number of fused-ring (bicyclic) bond motifs is 1. The fourth-order valence-corrected chi connectivity index (χ4v) is 7.50. The maximum Gasteiger partial charge on any atom is 0.339 e. The molecule has 1 N–H and O–H groups in total. The van der Waals surface area contributed by atoms with Crippen molar-refractivity contribution in [2.75, 3.05) is 27.8 Å². The smallest absolute Gasteiger partial charge is 0.339 e. The van der Waals surface area contributed by atoms with Crippen molar-refractivity contribution in [2.45, 2.75) is 44.7 Å². The summed E-state index contributed by atoms with van der Waals surface area (Å²) < 4.78 is 61.2. The van der Waals surface area contributed by atoms with Crippen molar-refractivity contribution >= 4 is 43.9 Å². The van der Waals surface area contributed by atoms with E-state index in [1.807, 2.05) is 44.2 Å². The van der Waals surface area contributed by atoms with Crippen molar-refractivity contribution < 1.29 is 45.9 Å². The zero-order valence-electron chi connectivity index (χ0n) is 29.1. The van der Waals surface area contributed by atoms with Crippen molar-refractivity contribution in [3.63, 3.8) is 0 Å². The number of aryl methyl sites for hydroxylation is 1. The molecule has 4 aromatic rings. The fourth-order valence-electron chi connectivity index (χ4n) is 6.04. The van der Waals surface area contributed by atoms with Crippen LogP contribution in [0.1, 0.15) is 33.4 Å². The van der Waals surface area contributed by atoms with Crippen LogP contribution in [0.4, 0.5) is 0 Å². The lowest BCUT2D eigenvalue weighted by Gasteiger charge is -2.35. The first-order chi connectivity index (χ1) is 24.9. The van der Waals surface area contributed by atoms with Crippen LogP contribution in [0.3, 0.4) is 0 Å². The molecule has 2 amide bonds. The topological polar surface area (TPSA) is 139 Å². The van der Waals surface area contributed by atoms with Crippen LogP contribution in [0, 0.1) is 20.8 Å². The highest BCUT2D eigenvalue weighted by Gasteiger charge is 2.38. The minimum Gasteiger partial charge on any atom is -0.493 e. The zero-order valence-corrected chi connectivity index (χ0v) is 31.6. The van der Waals surface area contributed by atoms with E-state index in [1.165, 1.54) is 43.4 Å². The molecule has 52 heavy (non-hydrogen) atoms. The summed E-state index contributed by atoms with van der Waals surface area (Å²) in [4.78, 5) is 29.9. The van der Waals surface area contributed by atoms with E-state index >= 15 is 0 Å². The van der Waals surface area contributed by atoms with Crippen LogP contribution >= 0.6 is 15.9 Å². The fraction of sp³-hybridized carbons (Fsp3) is 0.263. The van der Waals surface area contributed by atoms with Crippen LogP contribution in [0.15, 0.2) is 81.8 Å². The largest absolute Gasteiger partial charge is 0.493 e. The van der Waals surface area contributed by atoms with Gasteiger partial charge in [0.1, 0.15) is 16.6 Å². The quantitative estimate of drug-likeness (QED) is 0.104. The molecule has 4 aromatic carbocycles. The van der Waals surface area contributed by atoms with Gasteiger partial charge in [-0.2, -0.15) is 8.42 Å². The first kappa shape index (κ1) is 36.7. The molecule has 0 aromatic heterocycles. The molecule has 1 saturated heterocycles. The van der Waals surface area contributed by atoms with Crippen molar-refractivity contribution in [1.82, 2.24) is 10.2 Å². The summed E-state index contributed by atoms with van der Waals surface area (Å²) in [5, 5.41) is 2.87. The molecule has 2 aliphatic heterocycles. The maximum atomic E-state index is 14.4. The van der Waals surface area contributed by atoms with Gasteiger partial charge in [0.25, 0.3) is 5.91 Å². The third-order valence-corrected chi connectivity index (χ3v) is 11.0. The third-order valence-electron chi connectivity index (χ3n) is 8.68. The van der Waals surface area contributed by atoms with Crippen molar-refractivity contribution in [3.05, 3.63) is 110 Å². The van der Waals surface area contributed by atoms with Gasteiger partial charge >= 0.3 is 10.1 Å². The van der Waals surface area contributed by atoms with Gasteiger partial charge in [-0.3, -0.25) is 9.59 Å². The first-order valence-electron chi connectivity index (χ1n) is 16.2. The summed E-state index contributed by atoms with van der Waals surface area (Å²) in [7, 11) is -1.29. The van der Waals surface area contributed by atoms with Crippen molar-refractivity contribution in [3.8, 4) is 28.7 Å². The molecule has 2 heterocycles. The average molecular weight is 794 g/mol. The number of hydrogen-bond acceptors (Lipinski definition) is 10. The SMILES string of the molecule is COCOc1cc(CC2NC(=O)/C(=C/c3cc4c(c(C)c3OS(=O)(=O)c3ccc(C)cc3)OCO4)N(Cc3ccccc3)C2=O)c(Br)c(C)c1OC. The molecule has 0 aliphatic carbocycles. The molecule has 0 radical (unpaired) electrons. The first-order valence-corrected chi connectivity index (χ1v) is 18.4. The van der Waals surface area contributed by atoms with E-state index in [2.05, 4.69) is 21.2 Å². The molecule has 12 nitrogen and oxygen atoms in total. The van der Waals surface area contributed by atoms with Crippen LogP contribution in [-0.2, 0) is 37.4 Å². The van der Waals surface area contributed by atoms with Gasteiger partial charge in [-0.25, -0.2) is 0 Å². The number of halogens is 1. The minimum absolute atomic E-state index is 0.0185. The molecule has 0 bridgehead atoms. The van der Waals surface area contributed by atoms with Crippen LogP contribution in [0.25, 0.3) is 6.08 Å². The lowest BCUT2D eigenvalue weighted by Crippen LogP contribution is -2.57. The Labute approximate surface area is 310 Å². The summed E-state index contributed by atoms with van der Waals surface area (Å²) in [6.45, 7) is 5.28. The van der Waals surface area contributed by atoms with Crippen LogP contribution in [-0.4, -0.2) is 59.0 Å². The second-order valence-electron chi connectivity index (χ2n) is 12.2. The number of amides is 2. The van der Waals surface area contributed by atoms with Crippen LogP contribution < -0.4 is 28.4 Å². The van der Waals surface area contributed by atoms with Crippen LogP contribution in [0.2, 0.25) is 0 Å². The van der Waals surface area contributed by atoms with Gasteiger partial charge in [-0.15, -0.1) is 0 Å². The number of benzene rings is 4. The summed E-state index contributed by atoms with van der Waals surface area (Å²) >= 11 is 3.64. The number of carbonyl (C=O) groups excluding carboxylic acids is 2. The Hall–Kier alpha value is -5.05. The zero-order chi connectivity index (χ0) is 37.2. The number of nitrogens with one attached hydrogen (secondary N) is 1. The van der Waals surface area contributed by atoms with E-state index in [-0.39, 0.29) is 54.4 Å². The molecule has 1 fully saturated rings. The molecule has 0 spiro atoms. The van der Waals surface area contributed by atoms with Gasteiger partial charge in [0.15, 0.2) is 35.5 Å². The highest BCUT2D eigenvalue weighted by atomic mass is 79.9.